The summed E-state index contributed by atoms with van der Waals surface area (Å²) < 4.78 is 17.8. The number of halogens is 1. The van der Waals surface area contributed by atoms with Crippen molar-refractivity contribution in [3.63, 3.8) is 0 Å². The summed E-state index contributed by atoms with van der Waals surface area (Å²) in [6.45, 7) is 0.634. The second-order valence-corrected chi connectivity index (χ2v) is 6.52. The summed E-state index contributed by atoms with van der Waals surface area (Å²) >= 11 is 0. The summed E-state index contributed by atoms with van der Waals surface area (Å²) in [4.78, 5) is 38.9. The number of rotatable bonds is 3. The predicted octanol–water partition coefficient (Wildman–Crippen LogP) is 1.80. The molecular weight excluding hydrogens is 355 g/mol. The van der Waals surface area contributed by atoms with Gasteiger partial charge in [0.1, 0.15) is 11.5 Å². The van der Waals surface area contributed by atoms with Crippen LogP contribution < -0.4 is 0 Å². The molecular formula is C18H17FN4O4. The molecule has 1 N–H and O–H groups in total. The number of piperidine rings is 1. The van der Waals surface area contributed by atoms with E-state index >= 15 is 0 Å². The van der Waals surface area contributed by atoms with Gasteiger partial charge >= 0.3 is 6.09 Å². The summed E-state index contributed by atoms with van der Waals surface area (Å²) in [5.41, 5.74) is 1.60. The number of imide groups is 1. The molecule has 2 fully saturated rings. The van der Waals surface area contributed by atoms with Gasteiger partial charge < -0.3 is 9.64 Å². The topological polar surface area (TPSA) is 95.6 Å². The standard InChI is InChI=1S/C18H17FN4O4/c19-12-3-1-11(2-4-12)14-9-15(21-20-14)17(25)22-7-5-13(6-8-22)23-16(24)10-27-18(23)26/h1-4,9,13H,5-8,10H2,(H,20,21). The Morgan fingerprint density at radius 3 is 2.52 bits per heavy atom. The van der Waals surface area contributed by atoms with Crippen molar-refractivity contribution in [3.05, 3.63) is 41.8 Å². The highest BCUT2D eigenvalue weighted by Gasteiger charge is 2.39. The summed E-state index contributed by atoms with van der Waals surface area (Å²) in [6.07, 6.45) is 0.402. The Kier molecular flexibility index (Phi) is 4.35. The van der Waals surface area contributed by atoms with Crippen LogP contribution in [0, 0.1) is 5.82 Å². The molecule has 4 rings (SSSR count). The zero-order valence-electron chi connectivity index (χ0n) is 14.4. The van der Waals surface area contributed by atoms with E-state index in [2.05, 4.69) is 10.2 Å². The van der Waals surface area contributed by atoms with Gasteiger partial charge in [-0.3, -0.25) is 14.7 Å². The number of ether oxygens (including phenoxy) is 1. The van der Waals surface area contributed by atoms with Crippen molar-refractivity contribution in [3.8, 4) is 11.3 Å². The fourth-order valence-electron chi connectivity index (χ4n) is 3.41. The van der Waals surface area contributed by atoms with Crippen molar-refractivity contribution in [1.82, 2.24) is 20.0 Å². The Hall–Kier alpha value is -3.23. The highest BCUT2D eigenvalue weighted by Crippen LogP contribution is 2.23. The third-order valence-electron chi connectivity index (χ3n) is 4.85. The van der Waals surface area contributed by atoms with Gasteiger partial charge in [-0.05, 0) is 43.2 Å². The van der Waals surface area contributed by atoms with Gasteiger partial charge in [-0.15, -0.1) is 0 Å². The van der Waals surface area contributed by atoms with Crippen LogP contribution in [0.3, 0.4) is 0 Å². The van der Waals surface area contributed by atoms with E-state index in [0.29, 0.717) is 42.9 Å². The van der Waals surface area contributed by atoms with Crippen LogP contribution >= 0.6 is 0 Å². The zero-order chi connectivity index (χ0) is 19.0. The second kappa shape index (κ2) is 6.82. The molecule has 2 aliphatic heterocycles. The van der Waals surface area contributed by atoms with Gasteiger partial charge in [-0.25, -0.2) is 14.1 Å². The molecule has 2 saturated heterocycles. The number of cyclic esters (lactones) is 1. The van der Waals surface area contributed by atoms with Crippen LogP contribution in [0.25, 0.3) is 11.3 Å². The number of carbonyl (C=O) groups is 3. The van der Waals surface area contributed by atoms with E-state index in [-0.39, 0.29) is 30.3 Å². The first-order valence-corrected chi connectivity index (χ1v) is 8.62. The van der Waals surface area contributed by atoms with Crippen LogP contribution in [0.15, 0.2) is 30.3 Å². The number of aromatic amines is 1. The molecule has 2 aromatic rings. The molecule has 0 saturated carbocycles. The molecule has 9 heteroatoms. The zero-order valence-corrected chi connectivity index (χ0v) is 14.4. The number of likely N-dealkylation sites (tertiary alicyclic amines) is 1. The first kappa shape index (κ1) is 17.2. The molecule has 1 aromatic carbocycles. The highest BCUT2D eigenvalue weighted by atomic mass is 19.1. The Morgan fingerprint density at radius 1 is 1.19 bits per heavy atom. The SMILES string of the molecule is O=C(c1cc(-c2ccc(F)cc2)n[nH]1)N1CCC(N2C(=O)COC2=O)CC1. The van der Waals surface area contributed by atoms with Gasteiger partial charge in [-0.2, -0.15) is 5.10 Å². The predicted molar refractivity (Wildman–Crippen MR) is 91.1 cm³/mol. The monoisotopic (exact) mass is 372 g/mol. The lowest BCUT2D eigenvalue weighted by Gasteiger charge is -2.34. The summed E-state index contributed by atoms with van der Waals surface area (Å²) in [7, 11) is 0. The minimum Gasteiger partial charge on any atom is -0.439 e. The molecule has 2 aliphatic rings. The fraction of sp³-hybridized carbons (Fsp3) is 0.333. The molecule has 0 bridgehead atoms. The smallest absolute Gasteiger partial charge is 0.417 e. The van der Waals surface area contributed by atoms with Gasteiger partial charge in [-0.1, -0.05) is 0 Å². The molecule has 8 nitrogen and oxygen atoms in total. The van der Waals surface area contributed by atoms with E-state index in [1.54, 1.807) is 23.1 Å². The van der Waals surface area contributed by atoms with E-state index in [1.807, 2.05) is 0 Å². The quantitative estimate of drug-likeness (QED) is 0.886. The number of amides is 3. The lowest BCUT2D eigenvalue weighted by Crippen LogP contribution is -2.48. The van der Waals surface area contributed by atoms with Crippen LogP contribution in [0.1, 0.15) is 23.3 Å². The van der Waals surface area contributed by atoms with Crippen molar-refractivity contribution in [1.29, 1.82) is 0 Å². The Balaban J connectivity index is 1.40. The fourth-order valence-corrected chi connectivity index (χ4v) is 3.41. The van der Waals surface area contributed by atoms with Gasteiger partial charge in [0, 0.05) is 24.7 Å². The highest BCUT2D eigenvalue weighted by molar-refractivity contribution is 5.98. The molecule has 3 amide bonds. The van der Waals surface area contributed by atoms with Crippen molar-refractivity contribution < 1.29 is 23.5 Å². The van der Waals surface area contributed by atoms with Crippen molar-refractivity contribution in [2.24, 2.45) is 0 Å². The molecule has 0 aliphatic carbocycles. The van der Waals surface area contributed by atoms with E-state index < -0.39 is 6.09 Å². The number of aromatic nitrogens is 2. The minimum atomic E-state index is -0.609. The largest absolute Gasteiger partial charge is 0.439 e. The first-order valence-electron chi connectivity index (χ1n) is 8.62. The molecule has 0 unspecified atom stereocenters. The third kappa shape index (κ3) is 3.27. The summed E-state index contributed by atoms with van der Waals surface area (Å²) in [5, 5.41) is 6.84. The number of carbonyl (C=O) groups excluding carboxylic acids is 3. The number of H-pyrrole nitrogens is 1. The molecule has 27 heavy (non-hydrogen) atoms. The lowest BCUT2D eigenvalue weighted by molar-refractivity contribution is -0.127. The molecule has 3 heterocycles. The normalized spacial score (nSPS) is 18.1. The second-order valence-electron chi connectivity index (χ2n) is 6.52. The number of nitrogens with zero attached hydrogens (tertiary/aromatic N) is 3. The first-order chi connectivity index (χ1) is 13.0. The molecule has 140 valence electrons. The molecule has 0 spiro atoms. The van der Waals surface area contributed by atoms with Crippen LogP contribution in [0.4, 0.5) is 9.18 Å². The number of hydrogen-bond acceptors (Lipinski definition) is 5. The molecule has 0 radical (unpaired) electrons. The van der Waals surface area contributed by atoms with Gasteiger partial charge in [0.2, 0.25) is 0 Å². The number of hydrogen-bond donors (Lipinski definition) is 1. The van der Waals surface area contributed by atoms with E-state index in [1.165, 1.54) is 12.1 Å². The van der Waals surface area contributed by atoms with E-state index in [0.717, 1.165) is 4.90 Å². The third-order valence-corrected chi connectivity index (χ3v) is 4.85. The van der Waals surface area contributed by atoms with E-state index in [9.17, 15) is 18.8 Å². The Labute approximate surface area is 153 Å². The summed E-state index contributed by atoms with van der Waals surface area (Å²) in [6, 6.07) is 7.24. The summed E-state index contributed by atoms with van der Waals surface area (Å²) in [5.74, 6) is -0.874. The molecule has 0 atom stereocenters. The lowest BCUT2D eigenvalue weighted by atomic mass is 10.0. The van der Waals surface area contributed by atoms with Crippen LogP contribution in [0.2, 0.25) is 0 Å². The van der Waals surface area contributed by atoms with Crippen molar-refractivity contribution >= 4 is 17.9 Å². The van der Waals surface area contributed by atoms with Crippen LogP contribution in [-0.2, 0) is 9.53 Å². The maximum atomic E-state index is 13.0. The molecule has 1 aromatic heterocycles. The van der Waals surface area contributed by atoms with Crippen LogP contribution in [0.5, 0.6) is 0 Å². The Morgan fingerprint density at radius 2 is 1.89 bits per heavy atom. The minimum absolute atomic E-state index is 0.204. The average Bonchev–Trinajstić information content (AvgIpc) is 3.29. The maximum absolute atomic E-state index is 13.0. The van der Waals surface area contributed by atoms with Gasteiger partial charge in [0.15, 0.2) is 6.61 Å². The number of benzene rings is 1. The van der Waals surface area contributed by atoms with Crippen LogP contribution in [-0.4, -0.2) is 63.6 Å². The van der Waals surface area contributed by atoms with E-state index in [4.69, 9.17) is 4.74 Å². The number of nitrogens with one attached hydrogen (secondary N) is 1. The average molecular weight is 372 g/mol. The van der Waals surface area contributed by atoms with Crippen molar-refractivity contribution in [2.75, 3.05) is 19.7 Å². The van der Waals surface area contributed by atoms with Crippen molar-refractivity contribution in [2.45, 2.75) is 18.9 Å². The van der Waals surface area contributed by atoms with Gasteiger partial charge in [0.05, 0.1) is 5.69 Å². The maximum Gasteiger partial charge on any atom is 0.417 e. The Bertz CT molecular complexity index is 871. The van der Waals surface area contributed by atoms with Gasteiger partial charge in [0.25, 0.3) is 11.8 Å².